The molecule has 110 valence electrons. The summed E-state index contributed by atoms with van der Waals surface area (Å²) >= 11 is 5.64. The van der Waals surface area contributed by atoms with Crippen LogP contribution >= 0.6 is 11.6 Å². The third kappa shape index (κ3) is 3.06. The second-order valence-electron chi connectivity index (χ2n) is 4.76. The van der Waals surface area contributed by atoms with Crippen LogP contribution in [0, 0.1) is 11.7 Å². The van der Waals surface area contributed by atoms with Crippen molar-refractivity contribution in [3.63, 3.8) is 0 Å². The van der Waals surface area contributed by atoms with Gasteiger partial charge >= 0.3 is 6.18 Å². The van der Waals surface area contributed by atoms with Gasteiger partial charge in [-0.3, -0.25) is 4.79 Å². The highest BCUT2D eigenvalue weighted by Gasteiger charge is 2.36. The van der Waals surface area contributed by atoms with Crippen molar-refractivity contribution in [1.29, 1.82) is 0 Å². The standard InChI is InChI=1S/C13H12ClF4NO/c14-5-8-4-12(20)19(6-8)7-9-10(13(16,17)18)2-1-3-11(9)15/h1-3,8H,4-7H2. The normalized spacial score (nSPS) is 19.8. The van der Waals surface area contributed by atoms with Crippen molar-refractivity contribution in [2.45, 2.75) is 19.1 Å². The maximum Gasteiger partial charge on any atom is 0.416 e. The van der Waals surface area contributed by atoms with Gasteiger partial charge in [0.1, 0.15) is 5.82 Å². The van der Waals surface area contributed by atoms with E-state index in [1.54, 1.807) is 0 Å². The van der Waals surface area contributed by atoms with Gasteiger partial charge in [-0.25, -0.2) is 4.39 Å². The number of benzene rings is 1. The van der Waals surface area contributed by atoms with Gasteiger partial charge in [0.2, 0.25) is 5.91 Å². The Labute approximate surface area is 118 Å². The number of nitrogens with zero attached hydrogens (tertiary/aromatic N) is 1. The number of alkyl halides is 4. The summed E-state index contributed by atoms with van der Waals surface area (Å²) in [4.78, 5) is 12.9. The molecule has 0 aliphatic carbocycles. The molecule has 1 heterocycles. The Morgan fingerprint density at radius 3 is 2.60 bits per heavy atom. The maximum atomic E-state index is 13.7. The summed E-state index contributed by atoms with van der Waals surface area (Å²) in [6.07, 6.45) is -4.45. The minimum Gasteiger partial charge on any atom is -0.338 e. The highest BCUT2D eigenvalue weighted by Crippen LogP contribution is 2.34. The van der Waals surface area contributed by atoms with Crippen LogP contribution in [0.5, 0.6) is 0 Å². The Morgan fingerprint density at radius 1 is 1.35 bits per heavy atom. The average molecular weight is 310 g/mol. The predicted molar refractivity (Wildman–Crippen MR) is 65.6 cm³/mol. The van der Waals surface area contributed by atoms with E-state index in [9.17, 15) is 22.4 Å². The van der Waals surface area contributed by atoms with Crippen LogP contribution in [-0.4, -0.2) is 23.2 Å². The molecular formula is C13H12ClF4NO. The predicted octanol–water partition coefficient (Wildman–Crippen LogP) is 3.43. The highest BCUT2D eigenvalue weighted by molar-refractivity contribution is 6.18. The Hall–Kier alpha value is -1.30. The summed E-state index contributed by atoms with van der Waals surface area (Å²) in [6.45, 7) is -0.123. The van der Waals surface area contributed by atoms with Gasteiger partial charge in [-0.1, -0.05) is 6.07 Å². The molecule has 1 aliphatic rings. The van der Waals surface area contributed by atoms with Crippen molar-refractivity contribution >= 4 is 17.5 Å². The van der Waals surface area contributed by atoms with Gasteiger partial charge in [0.25, 0.3) is 0 Å². The molecule has 0 saturated carbocycles. The molecule has 1 unspecified atom stereocenters. The van der Waals surface area contributed by atoms with Crippen molar-refractivity contribution in [2.24, 2.45) is 5.92 Å². The zero-order valence-electron chi connectivity index (χ0n) is 10.4. The fourth-order valence-electron chi connectivity index (χ4n) is 2.29. The number of rotatable bonds is 3. The smallest absolute Gasteiger partial charge is 0.338 e. The Morgan fingerprint density at radius 2 is 2.05 bits per heavy atom. The first-order chi connectivity index (χ1) is 9.32. The Bertz CT molecular complexity index is 518. The van der Waals surface area contributed by atoms with Crippen molar-refractivity contribution in [3.8, 4) is 0 Å². The van der Waals surface area contributed by atoms with E-state index < -0.39 is 23.1 Å². The molecule has 0 radical (unpaired) electrons. The molecule has 0 aromatic heterocycles. The molecule has 2 nitrogen and oxygen atoms in total. The summed E-state index contributed by atoms with van der Waals surface area (Å²) in [7, 11) is 0. The number of carbonyl (C=O) groups excluding carboxylic acids is 1. The molecule has 1 fully saturated rings. The molecule has 1 aliphatic heterocycles. The molecule has 1 saturated heterocycles. The third-order valence-electron chi connectivity index (χ3n) is 3.29. The molecule has 1 aromatic carbocycles. The van der Waals surface area contributed by atoms with E-state index >= 15 is 0 Å². The van der Waals surface area contributed by atoms with Crippen LogP contribution in [0.4, 0.5) is 17.6 Å². The first-order valence-corrected chi connectivity index (χ1v) is 6.54. The number of hydrogen-bond donors (Lipinski definition) is 0. The van der Waals surface area contributed by atoms with Crippen LogP contribution in [0.15, 0.2) is 18.2 Å². The lowest BCUT2D eigenvalue weighted by Crippen LogP contribution is -2.27. The number of halogens is 5. The Balaban J connectivity index is 2.28. The molecule has 0 spiro atoms. The number of amides is 1. The van der Waals surface area contributed by atoms with Gasteiger partial charge < -0.3 is 4.90 Å². The minimum absolute atomic E-state index is 0.0923. The number of carbonyl (C=O) groups is 1. The molecule has 1 amide bonds. The fraction of sp³-hybridized carbons (Fsp3) is 0.462. The zero-order valence-corrected chi connectivity index (χ0v) is 11.1. The Kier molecular flexibility index (Phi) is 4.22. The SMILES string of the molecule is O=C1CC(CCl)CN1Cc1c(F)cccc1C(F)(F)F. The number of likely N-dealkylation sites (tertiary alicyclic amines) is 1. The van der Waals surface area contributed by atoms with Crippen LogP contribution in [-0.2, 0) is 17.5 Å². The van der Waals surface area contributed by atoms with Crippen molar-refractivity contribution in [1.82, 2.24) is 4.90 Å². The van der Waals surface area contributed by atoms with Crippen LogP contribution in [0.1, 0.15) is 17.5 Å². The third-order valence-corrected chi connectivity index (χ3v) is 3.72. The van der Waals surface area contributed by atoms with Crippen LogP contribution in [0.3, 0.4) is 0 Å². The van der Waals surface area contributed by atoms with E-state index in [0.717, 1.165) is 18.2 Å². The van der Waals surface area contributed by atoms with E-state index in [1.165, 1.54) is 4.90 Å². The van der Waals surface area contributed by atoms with Crippen LogP contribution < -0.4 is 0 Å². The van der Waals surface area contributed by atoms with E-state index in [-0.39, 0.29) is 37.2 Å². The average Bonchev–Trinajstić information content (AvgIpc) is 2.71. The highest BCUT2D eigenvalue weighted by atomic mass is 35.5. The van der Waals surface area contributed by atoms with Gasteiger partial charge in [0.15, 0.2) is 0 Å². The summed E-state index contributed by atoms with van der Waals surface area (Å²) in [6, 6.07) is 2.79. The molecule has 0 bridgehead atoms. The van der Waals surface area contributed by atoms with Crippen molar-refractivity contribution < 1.29 is 22.4 Å². The monoisotopic (exact) mass is 309 g/mol. The summed E-state index contributed by atoms with van der Waals surface area (Å²) < 4.78 is 52.2. The van der Waals surface area contributed by atoms with Gasteiger partial charge in [0.05, 0.1) is 5.56 Å². The van der Waals surface area contributed by atoms with Gasteiger partial charge in [-0.15, -0.1) is 11.6 Å². The summed E-state index contributed by atoms with van der Waals surface area (Å²) in [5.74, 6) is -1.09. The zero-order chi connectivity index (χ0) is 14.9. The second kappa shape index (κ2) is 5.60. The molecule has 1 atom stereocenters. The second-order valence-corrected chi connectivity index (χ2v) is 5.07. The van der Waals surface area contributed by atoms with Crippen LogP contribution in [0.25, 0.3) is 0 Å². The van der Waals surface area contributed by atoms with Crippen LogP contribution in [0.2, 0.25) is 0 Å². The lowest BCUT2D eigenvalue weighted by Gasteiger charge is -2.20. The van der Waals surface area contributed by atoms with E-state index in [1.807, 2.05) is 0 Å². The lowest BCUT2D eigenvalue weighted by atomic mass is 10.1. The van der Waals surface area contributed by atoms with Gasteiger partial charge in [-0.05, 0) is 18.1 Å². The minimum atomic E-state index is -4.65. The van der Waals surface area contributed by atoms with E-state index in [0.29, 0.717) is 0 Å². The van der Waals surface area contributed by atoms with E-state index in [4.69, 9.17) is 11.6 Å². The first-order valence-electron chi connectivity index (χ1n) is 6.01. The van der Waals surface area contributed by atoms with Crippen molar-refractivity contribution in [3.05, 3.63) is 35.1 Å². The molecule has 1 aromatic rings. The van der Waals surface area contributed by atoms with Crippen molar-refractivity contribution in [2.75, 3.05) is 12.4 Å². The largest absolute Gasteiger partial charge is 0.416 e. The molecule has 20 heavy (non-hydrogen) atoms. The van der Waals surface area contributed by atoms with Gasteiger partial charge in [-0.2, -0.15) is 13.2 Å². The lowest BCUT2D eigenvalue weighted by molar-refractivity contribution is -0.139. The summed E-state index contributed by atoms with van der Waals surface area (Å²) in [5, 5.41) is 0. The quantitative estimate of drug-likeness (QED) is 0.619. The molecular weight excluding hydrogens is 298 g/mol. The van der Waals surface area contributed by atoms with E-state index in [2.05, 4.69) is 0 Å². The number of hydrogen-bond acceptors (Lipinski definition) is 1. The first kappa shape index (κ1) is 15.1. The summed E-state index contributed by atoms with van der Waals surface area (Å²) in [5.41, 5.74) is -1.54. The van der Waals surface area contributed by atoms with Gasteiger partial charge in [0, 0.05) is 31.0 Å². The topological polar surface area (TPSA) is 20.3 Å². The molecule has 2 rings (SSSR count). The fourth-order valence-corrected chi connectivity index (χ4v) is 2.49. The molecule has 7 heteroatoms. The maximum absolute atomic E-state index is 13.7. The molecule has 0 N–H and O–H groups in total.